The van der Waals surface area contributed by atoms with E-state index in [9.17, 15) is 4.70 Å². The Labute approximate surface area is 137 Å². The Balaban J connectivity index is 2.24. The van der Waals surface area contributed by atoms with Crippen LogP contribution in [0.4, 0.5) is 0 Å². The van der Waals surface area contributed by atoms with Gasteiger partial charge in [-0.15, -0.1) is 0 Å². The number of hydrogen-bond acceptors (Lipinski definition) is 4. The van der Waals surface area contributed by atoms with Gasteiger partial charge < -0.3 is 0 Å². The molecule has 0 amide bonds. The summed E-state index contributed by atoms with van der Waals surface area (Å²) in [6.45, 7) is 9.94. The molecule has 0 N–H and O–H groups in total. The van der Waals surface area contributed by atoms with Crippen LogP contribution in [0.3, 0.4) is 0 Å². The van der Waals surface area contributed by atoms with Crippen molar-refractivity contribution in [2.75, 3.05) is 0 Å². The van der Waals surface area contributed by atoms with Gasteiger partial charge in [-0.3, -0.25) is 0 Å². The van der Waals surface area contributed by atoms with Gasteiger partial charge >= 0.3 is 137 Å². The van der Waals surface area contributed by atoms with Gasteiger partial charge in [0.15, 0.2) is 0 Å². The van der Waals surface area contributed by atoms with Crippen LogP contribution < -0.4 is 5.46 Å². The van der Waals surface area contributed by atoms with Crippen molar-refractivity contribution in [3.05, 3.63) is 28.8 Å². The predicted molar refractivity (Wildman–Crippen MR) is 90.5 cm³/mol. The zero-order valence-corrected chi connectivity index (χ0v) is 14.3. The summed E-state index contributed by atoms with van der Waals surface area (Å²) in [5, 5.41) is 0.586. The predicted octanol–water partition coefficient (Wildman–Crippen LogP) is 2.78. The Morgan fingerprint density at radius 2 is 1.86 bits per heavy atom. The molecule has 1 fully saturated rings. The van der Waals surface area contributed by atoms with E-state index in [1.54, 1.807) is 0 Å². The first-order valence-electron chi connectivity index (χ1n) is 7.30. The van der Waals surface area contributed by atoms with Crippen molar-refractivity contribution in [2.45, 2.75) is 51.9 Å². The second kappa shape index (κ2) is 6.26. The topological polar surface area (TPSA) is 47.9 Å². The first-order chi connectivity index (χ1) is 10.2. The molecule has 116 valence electrons. The maximum atomic E-state index is 10.4. The number of benzene rings is 1. The zero-order chi connectivity index (χ0) is 16.5. The number of nitrogens with zero attached hydrogens (tertiary/aromatic N) is 1. The Morgan fingerprint density at radius 3 is 2.36 bits per heavy atom. The van der Waals surface area contributed by atoms with Crippen LogP contribution >= 0.6 is 11.6 Å². The fraction of sp³-hybridized carbons (Fsp3) is 0.533. The summed E-state index contributed by atoms with van der Waals surface area (Å²) >= 11 is 6.35. The Kier molecular flexibility index (Phi) is 4.95. The molecule has 1 aliphatic heterocycles. The fourth-order valence-electron chi connectivity index (χ4n) is 2.25. The molecule has 1 heterocycles. The third kappa shape index (κ3) is 3.34. The number of halogens is 1. The van der Waals surface area contributed by atoms with E-state index in [2.05, 4.69) is 4.99 Å². The summed E-state index contributed by atoms with van der Waals surface area (Å²) in [6.07, 6.45) is 1.24. The Bertz CT molecular complexity index is 588. The molecule has 0 radical (unpaired) electrons. The van der Waals surface area contributed by atoms with Crippen LogP contribution in [0.15, 0.2) is 23.2 Å². The summed E-state index contributed by atoms with van der Waals surface area (Å²) < 4.78 is 22.4. The summed E-state index contributed by atoms with van der Waals surface area (Å²) in [5.41, 5.74) is 0.966. The minimum absolute atomic E-state index is 0.176. The molecule has 2 rings (SSSR count). The number of hydrogen-bond donors (Lipinski definition) is 0. The molecular formula is C15H20B2ClNO3. The average molecular weight is 319 g/mol. The van der Waals surface area contributed by atoms with Crippen LogP contribution in [-0.4, -0.2) is 31.6 Å². The van der Waals surface area contributed by atoms with Crippen molar-refractivity contribution in [3.8, 4) is 0 Å². The van der Waals surface area contributed by atoms with E-state index in [0.29, 0.717) is 12.2 Å². The Morgan fingerprint density at radius 1 is 1.27 bits per heavy atom. The molecule has 1 saturated heterocycles. The second-order valence-electron chi connectivity index (χ2n) is 6.48. The molecule has 0 aliphatic carbocycles. The first kappa shape index (κ1) is 17.4. The molecule has 1 aliphatic rings. The van der Waals surface area contributed by atoms with Crippen LogP contribution in [0.1, 0.15) is 46.2 Å². The standard InChI is InChI=1S/C15H20B2ClNO3/c1-10(19-9-16-20)12-7-6-11(8-13(12)18)17-21-14(2,3)15(4,5)22-17/h6-10H,1-5H3. The molecule has 1 aromatic rings. The van der Waals surface area contributed by atoms with Gasteiger partial charge in [-0.05, 0) is 0 Å². The van der Waals surface area contributed by atoms with E-state index in [1.807, 2.05) is 52.8 Å². The third-order valence-electron chi connectivity index (χ3n) is 4.37. The van der Waals surface area contributed by atoms with Crippen molar-refractivity contribution in [1.29, 1.82) is 0 Å². The van der Waals surface area contributed by atoms with Crippen LogP contribution in [0.25, 0.3) is 0 Å². The van der Waals surface area contributed by atoms with E-state index in [0.717, 1.165) is 11.0 Å². The van der Waals surface area contributed by atoms with Crippen LogP contribution in [-0.2, 0) is 14.0 Å². The van der Waals surface area contributed by atoms with E-state index in [-0.39, 0.29) is 17.2 Å². The summed E-state index contributed by atoms with van der Waals surface area (Å²) in [5.74, 6) is 0. The van der Waals surface area contributed by atoms with Crippen LogP contribution in [0.5, 0.6) is 0 Å². The maximum absolute atomic E-state index is 10.4. The number of aliphatic imine (C=N–C) groups is 1. The van der Waals surface area contributed by atoms with E-state index in [4.69, 9.17) is 20.9 Å². The van der Waals surface area contributed by atoms with Gasteiger partial charge in [-0.2, -0.15) is 0 Å². The average Bonchev–Trinajstić information content (AvgIpc) is 2.64. The Hall–Kier alpha value is -0.970. The van der Waals surface area contributed by atoms with Gasteiger partial charge in [0, 0.05) is 0 Å². The zero-order valence-electron chi connectivity index (χ0n) is 13.6. The molecule has 4 nitrogen and oxygen atoms in total. The second-order valence-corrected chi connectivity index (χ2v) is 6.89. The van der Waals surface area contributed by atoms with Crippen molar-refractivity contribution in [1.82, 2.24) is 0 Å². The van der Waals surface area contributed by atoms with Gasteiger partial charge in [0.25, 0.3) is 0 Å². The van der Waals surface area contributed by atoms with E-state index >= 15 is 0 Å². The normalized spacial score (nSPS) is 21.1. The molecule has 0 bridgehead atoms. The first-order valence-corrected chi connectivity index (χ1v) is 7.67. The molecule has 1 aromatic carbocycles. The van der Waals surface area contributed by atoms with E-state index < -0.39 is 7.12 Å². The van der Waals surface area contributed by atoms with Gasteiger partial charge in [-0.25, -0.2) is 0 Å². The van der Waals surface area contributed by atoms with Crippen molar-refractivity contribution < 1.29 is 14.0 Å². The van der Waals surface area contributed by atoms with Crippen LogP contribution in [0, 0.1) is 0 Å². The third-order valence-corrected chi connectivity index (χ3v) is 4.70. The van der Waals surface area contributed by atoms with Crippen molar-refractivity contribution in [3.63, 3.8) is 0 Å². The molecule has 0 aromatic heterocycles. The summed E-state index contributed by atoms with van der Waals surface area (Å²) in [7, 11) is 0.216. The molecule has 0 spiro atoms. The van der Waals surface area contributed by atoms with E-state index in [1.165, 1.54) is 6.11 Å². The van der Waals surface area contributed by atoms with Gasteiger partial charge in [-0.1, -0.05) is 0 Å². The SMILES string of the molecule is CC(N=CB=O)c1ccc(B2OC(C)(C)C(C)(C)O2)cc1Cl. The molecule has 1 unspecified atom stereocenters. The summed E-state index contributed by atoms with van der Waals surface area (Å²) in [4.78, 5) is 4.11. The van der Waals surface area contributed by atoms with Gasteiger partial charge in [0.1, 0.15) is 0 Å². The molecule has 0 saturated carbocycles. The number of rotatable bonds is 4. The van der Waals surface area contributed by atoms with Crippen molar-refractivity contribution in [2.24, 2.45) is 4.99 Å². The van der Waals surface area contributed by atoms with Crippen LogP contribution in [0.2, 0.25) is 5.02 Å². The van der Waals surface area contributed by atoms with Crippen molar-refractivity contribution >= 4 is 37.4 Å². The molecule has 1 atom stereocenters. The quantitative estimate of drug-likeness (QED) is 0.633. The monoisotopic (exact) mass is 319 g/mol. The summed E-state index contributed by atoms with van der Waals surface area (Å²) in [6, 6.07) is 5.49. The van der Waals surface area contributed by atoms with Gasteiger partial charge in [0.05, 0.1) is 0 Å². The molecule has 22 heavy (non-hydrogen) atoms. The fourth-order valence-corrected chi connectivity index (χ4v) is 2.60. The van der Waals surface area contributed by atoms with Gasteiger partial charge in [0.2, 0.25) is 0 Å². The molecular weight excluding hydrogens is 299 g/mol. The molecule has 7 heteroatoms. The minimum atomic E-state index is -0.440.